The lowest BCUT2D eigenvalue weighted by Gasteiger charge is -2.19. The first-order valence-corrected chi connectivity index (χ1v) is 5.99. The lowest BCUT2D eigenvalue weighted by atomic mass is 10.2. The van der Waals surface area contributed by atoms with E-state index in [2.05, 4.69) is 15.2 Å². The third kappa shape index (κ3) is 2.82. The standard InChI is InChI=1S/C11H18N4O2/c1-3-9-12-10(14-13-9)11(16)15(2)7-8-5-4-6-17-8/h8H,3-7H2,1-2H3,(H,12,13,14). The number of hydrogen-bond donors (Lipinski definition) is 1. The monoisotopic (exact) mass is 238 g/mol. The summed E-state index contributed by atoms with van der Waals surface area (Å²) in [7, 11) is 1.76. The number of likely N-dealkylation sites (N-methyl/N-ethyl adjacent to an activating group) is 1. The van der Waals surface area contributed by atoms with Crippen LogP contribution in [0.15, 0.2) is 0 Å². The van der Waals surface area contributed by atoms with Crippen LogP contribution in [0.1, 0.15) is 36.2 Å². The summed E-state index contributed by atoms with van der Waals surface area (Å²) >= 11 is 0. The molecule has 0 radical (unpaired) electrons. The average molecular weight is 238 g/mol. The van der Waals surface area contributed by atoms with Crippen LogP contribution in [-0.2, 0) is 11.2 Å². The molecule has 1 aliphatic heterocycles. The van der Waals surface area contributed by atoms with Crippen molar-refractivity contribution in [2.24, 2.45) is 0 Å². The first kappa shape index (κ1) is 12.0. The van der Waals surface area contributed by atoms with E-state index in [1.165, 1.54) is 0 Å². The van der Waals surface area contributed by atoms with E-state index in [-0.39, 0.29) is 17.8 Å². The second-order valence-electron chi connectivity index (χ2n) is 4.28. The Labute approximate surface area is 100 Å². The van der Waals surface area contributed by atoms with E-state index in [1.54, 1.807) is 11.9 Å². The summed E-state index contributed by atoms with van der Waals surface area (Å²) in [6.45, 7) is 3.37. The van der Waals surface area contributed by atoms with Gasteiger partial charge in [-0.25, -0.2) is 4.98 Å². The van der Waals surface area contributed by atoms with Crippen molar-refractivity contribution in [2.75, 3.05) is 20.2 Å². The van der Waals surface area contributed by atoms with Gasteiger partial charge in [0, 0.05) is 26.6 Å². The van der Waals surface area contributed by atoms with E-state index in [1.807, 2.05) is 6.92 Å². The van der Waals surface area contributed by atoms with E-state index in [0.717, 1.165) is 31.7 Å². The number of carbonyl (C=O) groups is 1. The Kier molecular flexibility index (Phi) is 3.73. The van der Waals surface area contributed by atoms with Gasteiger partial charge < -0.3 is 9.64 Å². The second kappa shape index (κ2) is 5.27. The Morgan fingerprint density at radius 3 is 3.06 bits per heavy atom. The molecule has 0 spiro atoms. The van der Waals surface area contributed by atoms with Crippen molar-refractivity contribution in [1.29, 1.82) is 0 Å². The van der Waals surface area contributed by atoms with Crippen molar-refractivity contribution in [3.8, 4) is 0 Å². The molecule has 1 atom stereocenters. The highest BCUT2D eigenvalue weighted by molar-refractivity contribution is 5.90. The number of aromatic amines is 1. The third-order valence-electron chi connectivity index (χ3n) is 2.91. The predicted octanol–water partition coefficient (Wildman–Crippen LogP) is 0.618. The second-order valence-corrected chi connectivity index (χ2v) is 4.28. The minimum atomic E-state index is -0.156. The van der Waals surface area contributed by atoms with Gasteiger partial charge in [-0.05, 0) is 12.8 Å². The summed E-state index contributed by atoms with van der Waals surface area (Å²) in [5, 5.41) is 6.66. The molecule has 17 heavy (non-hydrogen) atoms. The van der Waals surface area contributed by atoms with Crippen LogP contribution < -0.4 is 0 Å². The molecule has 0 aromatic carbocycles. The largest absolute Gasteiger partial charge is 0.376 e. The smallest absolute Gasteiger partial charge is 0.293 e. The number of H-pyrrole nitrogens is 1. The maximum atomic E-state index is 12.0. The van der Waals surface area contributed by atoms with Crippen molar-refractivity contribution < 1.29 is 9.53 Å². The quantitative estimate of drug-likeness (QED) is 0.834. The number of rotatable bonds is 4. The van der Waals surface area contributed by atoms with Crippen LogP contribution >= 0.6 is 0 Å². The molecule has 94 valence electrons. The van der Waals surface area contributed by atoms with Crippen LogP contribution in [0, 0.1) is 0 Å². The van der Waals surface area contributed by atoms with Gasteiger partial charge in [-0.2, -0.15) is 0 Å². The van der Waals surface area contributed by atoms with Gasteiger partial charge in [0.1, 0.15) is 5.82 Å². The Hall–Kier alpha value is -1.43. The lowest BCUT2D eigenvalue weighted by molar-refractivity contribution is 0.0578. The van der Waals surface area contributed by atoms with Gasteiger partial charge >= 0.3 is 0 Å². The molecule has 1 N–H and O–H groups in total. The fourth-order valence-electron chi connectivity index (χ4n) is 1.90. The summed E-state index contributed by atoms with van der Waals surface area (Å²) in [5.41, 5.74) is 0. The maximum Gasteiger partial charge on any atom is 0.293 e. The molecule has 1 amide bonds. The summed E-state index contributed by atoms with van der Waals surface area (Å²) in [6.07, 6.45) is 3.00. The number of nitrogens with zero attached hydrogens (tertiary/aromatic N) is 3. The van der Waals surface area contributed by atoms with Crippen LogP contribution in [0.4, 0.5) is 0 Å². The van der Waals surface area contributed by atoms with E-state index < -0.39 is 0 Å². The highest BCUT2D eigenvalue weighted by Crippen LogP contribution is 2.13. The average Bonchev–Trinajstić information content (AvgIpc) is 2.98. The predicted molar refractivity (Wildman–Crippen MR) is 61.7 cm³/mol. The number of aryl methyl sites for hydroxylation is 1. The van der Waals surface area contributed by atoms with Crippen molar-refractivity contribution in [3.63, 3.8) is 0 Å². The minimum absolute atomic E-state index is 0.156. The van der Waals surface area contributed by atoms with Crippen molar-refractivity contribution >= 4 is 5.91 Å². The van der Waals surface area contributed by atoms with Gasteiger partial charge in [-0.3, -0.25) is 9.89 Å². The van der Waals surface area contributed by atoms with Crippen molar-refractivity contribution in [3.05, 3.63) is 11.6 Å². The number of nitrogens with one attached hydrogen (secondary N) is 1. The molecule has 1 fully saturated rings. The molecule has 0 bridgehead atoms. The van der Waals surface area contributed by atoms with Crippen LogP contribution in [0.3, 0.4) is 0 Å². The number of amides is 1. The van der Waals surface area contributed by atoms with Crippen LogP contribution in [0.25, 0.3) is 0 Å². The summed E-state index contributed by atoms with van der Waals surface area (Å²) in [6, 6.07) is 0. The highest BCUT2D eigenvalue weighted by Gasteiger charge is 2.22. The fraction of sp³-hybridized carbons (Fsp3) is 0.727. The van der Waals surface area contributed by atoms with Crippen LogP contribution in [0.2, 0.25) is 0 Å². The summed E-state index contributed by atoms with van der Waals surface area (Å²) in [5.74, 6) is 0.817. The molecule has 1 saturated heterocycles. The van der Waals surface area contributed by atoms with E-state index in [9.17, 15) is 4.79 Å². The Bertz CT molecular complexity index is 385. The number of ether oxygens (including phenoxy) is 1. The highest BCUT2D eigenvalue weighted by atomic mass is 16.5. The molecule has 6 nitrogen and oxygen atoms in total. The molecule has 0 saturated carbocycles. The van der Waals surface area contributed by atoms with Crippen LogP contribution in [0.5, 0.6) is 0 Å². The number of carbonyl (C=O) groups excluding carboxylic acids is 1. The normalized spacial score (nSPS) is 19.5. The van der Waals surface area contributed by atoms with Crippen molar-refractivity contribution in [1.82, 2.24) is 20.1 Å². The first-order valence-electron chi connectivity index (χ1n) is 5.99. The Balaban J connectivity index is 1.93. The van der Waals surface area contributed by atoms with Gasteiger partial charge in [0.15, 0.2) is 0 Å². The van der Waals surface area contributed by atoms with Gasteiger partial charge in [0.2, 0.25) is 5.82 Å². The molecule has 0 aliphatic carbocycles. The molecule has 6 heteroatoms. The number of aromatic nitrogens is 3. The molecule has 2 heterocycles. The minimum Gasteiger partial charge on any atom is -0.376 e. The molecule has 2 rings (SSSR count). The molecular weight excluding hydrogens is 220 g/mol. The van der Waals surface area contributed by atoms with Gasteiger partial charge in [-0.1, -0.05) is 6.92 Å². The molecule has 1 aromatic rings. The molecule has 1 aromatic heterocycles. The zero-order chi connectivity index (χ0) is 12.3. The zero-order valence-corrected chi connectivity index (χ0v) is 10.3. The van der Waals surface area contributed by atoms with Crippen LogP contribution in [-0.4, -0.2) is 52.3 Å². The van der Waals surface area contributed by atoms with Gasteiger partial charge in [0.05, 0.1) is 6.10 Å². The van der Waals surface area contributed by atoms with Gasteiger partial charge in [-0.15, -0.1) is 5.10 Å². The Morgan fingerprint density at radius 2 is 2.47 bits per heavy atom. The maximum absolute atomic E-state index is 12.0. The topological polar surface area (TPSA) is 71.1 Å². The SMILES string of the molecule is CCc1nc(C(=O)N(C)CC2CCCO2)n[nH]1. The van der Waals surface area contributed by atoms with E-state index in [0.29, 0.717) is 6.54 Å². The first-order chi connectivity index (χ1) is 8.20. The van der Waals surface area contributed by atoms with Crippen molar-refractivity contribution in [2.45, 2.75) is 32.3 Å². The van der Waals surface area contributed by atoms with E-state index in [4.69, 9.17) is 4.74 Å². The van der Waals surface area contributed by atoms with E-state index >= 15 is 0 Å². The summed E-state index contributed by atoms with van der Waals surface area (Å²) in [4.78, 5) is 17.7. The molecule has 1 unspecified atom stereocenters. The summed E-state index contributed by atoms with van der Waals surface area (Å²) < 4.78 is 5.49. The molecule has 1 aliphatic rings. The van der Waals surface area contributed by atoms with Gasteiger partial charge in [0.25, 0.3) is 5.91 Å². The third-order valence-corrected chi connectivity index (χ3v) is 2.91. The Morgan fingerprint density at radius 1 is 1.65 bits per heavy atom. The lowest BCUT2D eigenvalue weighted by Crippen LogP contribution is -2.34. The molecular formula is C11H18N4O2. The number of hydrogen-bond acceptors (Lipinski definition) is 4. The fourth-order valence-corrected chi connectivity index (χ4v) is 1.90. The zero-order valence-electron chi connectivity index (χ0n) is 10.3.